The van der Waals surface area contributed by atoms with E-state index in [1.165, 1.54) is 25.0 Å². The van der Waals surface area contributed by atoms with Crippen LogP contribution >= 0.6 is 0 Å². The van der Waals surface area contributed by atoms with Gasteiger partial charge in [-0.15, -0.1) is 0 Å². The second-order valence-electron chi connectivity index (χ2n) is 8.70. The van der Waals surface area contributed by atoms with Gasteiger partial charge in [0.2, 0.25) is 0 Å². The van der Waals surface area contributed by atoms with Gasteiger partial charge >= 0.3 is 0 Å². The first kappa shape index (κ1) is 22.0. The highest BCUT2D eigenvalue weighted by atomic mass is 19.1. The summed E-state index contributed by atoms with van der Waals surface area (Å²) < 4.78 is 21.7. The Balaban J connectivity index is 1.61. The number of aliphatic imine (C=N–C) groups is 1. The van der Waals surface area contributed by atoms with E-state index in [9.17, 15) is 4.39 Å². The van der Waals surface area contributed by atoms with Crippen LogP contribution in [0.15, 0.2) is 47.7 Å². The summed E-state index contributed by atoms with van der Waals surface area (Å²) in [6.45, 7) is 6.91. The molecule has 0 spiro atoms. The van der Waals surface area contributed by atoms with Gasteiger partial charge in [-0.25, -0.2) is 13.9 Å². The minimum Gasteiger partial charge on any atom is -0.493 e. The fourth-order valence-corrected chi connectivity index (χ4v) is 3.63. The van der Waals surface area contributed by atoms with E-state index in [4.69, 9.17) is 9.72 Å². The third-order valence-electron chi connectivity index (χ3n) is 5.44. The number of benzene rings is 1. The Morgan fingerprint density at radius 3 is 2.84 bits per heavy atom. The molecule has 0 radical (unpaired) electrons. The number of ether oxygens (including phenoxy) is 1. The van der Waals surface area contributed by atoms with E-state index >= 15 is 0 Å². The SMILES string of the molecule is CN=C/C(=C\C(C)C)c1cnn2ccc(NC(C)c3cc(F)ccc3OCC3CC3)nc12. The van der Waals surface area contributed by atoms with E-state index in [-0.39, 0.29) is 11.9 Å². The molecule has 1 aromatic carbocycles. The minimum atomic E-state index is -0.281. The number of anilines is 1. The molecule has 3 aromatic rings. The lowest BCUT2D eigenvalue weighted by Crippen LogP contribution is -2.12. The van der Waals surface area contributed by atoms with E-state index in [1.54, 1.807) is 17.6 Å². The molecule has 1 aliphatic rings. The standard InChI is InChI=1S/C25H30FN5O/c1-16(2)11-19(13-27-4)22-14-28-31-10-9-24(30-25(22)31)29-17(3)21-12-20(26)7-8-23(21)32-15-18-5-6-18/h7-14,16-18H,5-6,15H2,1-4H3,(H,29,30)/b19-11+,27-13?. The van der Waals surface area contributed by atoms with Crippen LogP contribution in [0.2, 0.25) is 0 Å². The number of nitrogens with zero attached hydrogens (tertiary/aromatic N) is 4. The fraction of sp³-hybridized carbons (Fsp3) is 0.400. The van der Waals surface area contributed by atoms with E-state index in [1.807, 2.05) is 31.6 Å². The highest BCUT2D eigenvalue weighted by Gasteiger charge is 2.23. The predicted octanol–water partition coefficient (Wildman–Crippen LogP) is 5.57. The summed E-state index contributed by atoms with van der Waals surface area (Å²) in [4.78, 5) is 8.99. The molecule has 1 unspecified atom stereocenters. The zero-order valence-electron chi connectivity index (χ0n) is 19.0. The average Bonchev–Trinajstić information content (AvgIpc) is 3.49. The van der Waals surface area contributed by atoms with Gasteiger partial charge in [0.1, 0.15) is 17.4 Å². The first-order valence-electron chi connectivity index (χ1n) is 11.1. The number of hydrogen-bond donors (Lipinski definition) is 1. The van der Waals surface area contributed by atoms with Gasteiger partial charge in [0, 0.05) is 36.2 Å². The molecule has 6 nitrogen and oxygen atoms in total. The van der Waals surface area contributed by atoms with Crippen LogP contribution < -0.4 is 10.1 Å². The molecule has 1 N–H and O–H groups in total. The summed E-state index contributed by atoms with van der Waals surface area (Å²) in [5.41, 5.74) is 3.41. The predicted molar refractivity (Wildman–Crippen MR) is 127 cm³/mol. The van der Waals surface area contributed by atoms with Gasteiger partial charge in [-0.05, 0) is 55.9 Å². The van der Waals surface area contributed by atoms with Gasteiger partial charge in [0.25, 0.3) is 0 Å². The van der Waals surface area contributed by atoms with Crippen molar-refractivity contribution in [3.8, 4) is 5.75 Å². The van der Waals surface area contributed by atoms with Crippen LogP contribution in [0.4, 0.5) is 10.2 Å². The lowest BCUT2D eigenvalue weighted by molar-refractivity contribution is 0.295. The van der Waals surface area contributed by atoms with Crippen molar-refractivity contribution >= 4 is 23.3 Å². The van der Waals surface area contributed by atoms with Crippen LogP contribution in [0.5, 0.6) is 5.75 Å². The molecular formula is C25H30FN5O. The number of aromatic nitrogens is 3. The molecule has 1 fully saturated rings. The molecule has 1 saturated carbocycles. The van der Waals surface area contributed by atoms with Crippen molar-refractivity contribution in [1.82, 2.24) is 14.6 Å². The van der Waals surface area contributed by atoms with E-state index < -0.39 is 0 Å². The van der Waals surface area contributed by atoms with Gasteiger partial charge in [0.15, 0.2) is 5.65 Å². The Labute approximate surface area is 188 Å². The zero-order valence-corrected chi connectivity index (χ0v) is 19.0. The molecule has 32 heavy (non-hydrogen) atoms. The third-order valence-corrected chi connectivity index (χ3v) is 5.44. The van der Waals surface area contributed by atoms with Gasteiger partial charge in [0.05, 0.1) is 18.8 Å². The van der Waals surface area contributed by atoms with Gasteiger partial charge < -0.3 is 10.1 Å². The largest absolute Gasteiger partial charge is 0.493 e. The highest BCUT2D eigenvalue weighted by molar-refractivity contribution is 6.12. The maximum Gasteiger partial charge on any atom is 0.165 e. The van der Waals surface area contributed by atoms with Crippen LogP contribution in [-0.2, 0) is 0 Å². The van der Waals surface area contributed by atoms with Crippen LogP contribution in [0.3, 0.4) is 0 Å². The van der Waals surface area contributed by atoms with E-state index in [0.717, 1.165) is 22.3 Å². The monoisotopic (exact) mass is 435 g/mol. The smallest absolute Gasteiger partial charge is 0.165 e. The Kier molecular flexibility index (Phi) is 6.53. The molecule has 2 aromatic heterocycles. The summed E-state index contributed by atoms with van der Waals surface area (Å²) in [5, 5.41) is 7.83. The average molecular weight is 436 g/mol. The Hall–Kier alpha value is -3.22. The second-order valence-corrected chi connectivity index (χ2v) is 8.70. The third kappa shape index (κ3) is 5.15. The number of rotatable bonds is 9. The molecule has 0 saturated heterocycles. The zero-order chi connectivity index (χ0) is 22.7. The first-order chi connectivity index (χ1) is 15.4. The molecular weight excluding hydrogens is 405 g/mol. The maximum atomic E-state index is 14.0. The molecule has 4 rings (SSSR count). The van der Waals surface area contributed by atoms with Crippen LogP contribution in [0.25, 0.3) is 11.2 Å². The number of nitrogens with one attached hydrogen (secondary N) is 1. The van der Waals surface area contributed by atoms with Crippen LogP contribution in [0.1, 0.15) is 50.8 Å². The van der Waals surface area contributed by atoms with Crippen molar-refractivity contribution in [2.24, 2.45) is 16.8 Å². The molecule has 0 amide bonds. The molecule has 1 atom stereocenters. The molecule has 7 heteroatoms. The molecule has 2 heterocycles. The van der Waals surface area contributed by atoms with Crippen molar-refractivity contribution in [2.45, 2.75) is 39.7 Å². The molecule has 1 aliphatic carbocycles. The Morgan fingerprint density at radius 2 is 2.12 bits per heavy atom. The summed E-state index contributed by atoms with van der Waals surface area (Å²) in [7, 11) is 1.75. The van der Waals surface area contributed by atoms with Gasteiger partial charge in [-0.3, -0.25) is 4.99 Å². The normalized spacial score (nSPS) is 15.6. The van der Waals surface area contributed by atoms with Crippen LogP contribution in [-0.4, -0.2) is 34.5 Å². The number of hydrogen-bond acceptors (Lipinski definition) is 5. The summed E-state index contributed by atoms with van der Waals surface area (Å²) in [5.74, 6) is 2.10. The Bertz CT molecular complexity index is 1150. The number of fused-ring (bicyclic) bond motifs is 1. The Morgan fingerprint density at radius 1 is 1.31 bits per heavy atom. The summed E-state index contributed by atoms with van der Waals surface area (Å²) in [6.07, 6.45) is 10.1. The molecule has 168 valence electrons. The van der Waals surface area contributed by atoms with Crippen molar-refractivity contribution in [2.75, 3.05) is 19.0 Å². The molecule has 0 bridgehead atoms. The van der Waals surface area contributed by atoms with Gasteiger partial charge in [-0.2, -0.15) is 5.10 Å². The second kappa shape index (κ2) is 9.51. The highest BCUT2D eigenvalue weighted by Crippen LogP contribution is 2.33. The van der Waals surface area contributed by atoms with Crippen molar-refractivity contribution in [3.63, 3.8) is 0 Å². The first-order valence-corrected chi connectivity index (χ1v) is 11.1. The van der Waals surface area contributed by atoms with E-state index in [2.05, 4.69) is 35.3 Å². The topological polar surface area (TPSA) is 63.8 Å². The van der Waals surface area contributed by atoms with Crippen LogP contribution in [0, 0.1) is 17.7 Å². The van der Waals surface area contributed by atoms with Gasteiger partial charge in [-0.1, -0.05) is 19.9 Å². The summed E-state index contributed by atoms with van der Waals surface area (Å²) in [6, 6.07) is 6.36. The molecule has 0 aliphatic heterocycles. The summed E-state index contributed by atoms with van der Waals surface area (Å²) >= 11 is 0. The fourth-order valence-electron chi connectivity index (χ4n) is 3.63. The van der Waals surface area contributed by atoms with Crippen molar-refractivity contribution in [1.29, 1.82) is 0 Å². The lowest BCUT2D eigenvalue weighted by atomic mass is 10.1. The minimum absolute atomic E-state index is 0.191. The van der Waals surface area contributed by atoms with Crippen molar-refractivity contribution in [3.05, 3.63) is 59.7 Å². The number of allylic oxidation sites excluding steroid dienone is 2. The lowest BCUT2D eigenvalue weighted by Gasteiger charge is -2.19. The maximum absolute atomic E-state index is 14.0. The number of halogens is 1. The van der Waals surface area contributed by atoms with E-state index in [0.29, 0.717) is 30.0 Å². The van der Waals surface area contributed by atoms with Crippen molar-refractivity contribution < 1.29 is 9.13 Å². The quantitative estimate of drug-likeness (QED) is 0.446.